The minimum Gasteiger partial charge on any atom is -0.307 e. The fraction of sp³-hybridized carbons (Fsp3) is 0.462. The standard InChI is InChI=1S/C13H17Cl2N5/c1-8(2)7-16-9(3)13-17-18-19-20(13)12-5-10(14)4-11(15)6-12/h4-6,8-9,16H,7H2,1-3H3. The molecule has 20 heavy (non-hydrogen) atoms. The Morgan fingerprint density at radius 1 is 1.15 bits per heavy atom. The highest BCUT2D eigenvalue weighted by molar-refractivity contribution is 6.34. The molecular weight excluding hydrogens is 297 g/mol. The van der Waals surface area contributed by atoms with Crippen LogP contribution >= 0.6 is 23.2 Å². The first-order chi connectivity index (χ1) is 9.47. The average Bonchev–Trinajstić information content (AvgIpc) is 2.83. The second-order valence-corrected chi connectivity index (χ2v) is 5.97. The minimum absolute atomic E-state index is 0.0326. The molecule has 0 saturated carbocycles. The van der Waals surface area contributed by atoms with Crippen LogP contribution in [0.4, 0.5) is 0 Å². The van der Waals surface area contributed by atoms with E-state index in [2.05, 4.69) is 34.7 Å². The van der Waals surface area contributed by atoms with Gasteiger partial charge in [0.2, 0.25) is 0 Å². The number of aromatic nitrogens is 4. The second kappa shape index (κ2) is 6.52. The summed E-state index contributed by atoms with van der Waals surface area (Å²) in [7, 11) is 0. The highest BCUT2D eigenvalue weighted by atomic mass is 35.5. The Morgan fingerprint density at radius 2 is 1.80 bits per heavy atom. The van der Waals surface area contributed by atoms with Gasteiger partial charge in [-0.15, -0.1) is 5.10 Å². The molecule has 2 rings (SSSR count). The third-order valence-corrected chi connectivity index (χ3v) is 3.24. The molecule has 0 saturated heterocycles. The Balaban J connectivity index is 2.27. The summed E-state index contributed by atoms with van der Waals surface area (Å²) in [5.41, 5.74) is 0.751. The van der Waals surface area contributed by atoms with Crippen LogP contribution in [0, 0.1) is 5.92 Å². The van der Waals surface area contributed by atoms with Crippen molar-refractivity contribution in [3.8, 4) is 5.69 Å². The van der Waals surface area contributed by atoms with Crippen molar-refractivity contribution in [2.24, 2.45) is 5.92 Å². The van der Waals surface area contributed by atoms with E-state index in [9.17, 15) is 0 Å². The first-order valence-electron chi connectivity index (χ1n) is 6.45. The van der Waals surface area contributed by atoms with Crippen molar-refractivity contribution in [2.45, 2.75) is 26.8 Å². The molecule has 1 heterocycles. The predicted octanol–water partition coefficient (Wildman–Crippen LogP) is 3.28. The number of tetrazole rings is 1. The molecule has 0 fully saturated rings. The number of rotatable bonds is 5. The monoisotopic (exact) mass is 313 g/mol. The maximum absolute atomic E-state index is 6.02. The Hall–Kier alpha value is -1.17. The predicted molar refractivity (Wildman–Crippen MR) is 80.4 cm³/mol. The SMILES string of the molecule is CC(C)CNC(C)c1nnnn1-c1cc(Cl)cc(Cl)c1. The minimum atomic E-state index is 0.0326. The lowest BCUT2D eigenvalue weighted by molar-refractivity contribution is 0.475. The Morgan fingerprint density at radius 3 is 2.40 bits per heavy atom. The Labute approximate surface area is 128 Å². The highest BCUT2D eigenvalue weighted by Gasteiger charge is 2.16. The number of hydrogen-bond acceptors (Lipinski definition) is 4. The molecule has 0 bridgehead atoms. The summed E-state index contributed by atoms with van der Waals surface area (Å²) < 4.78 is 1.65. The van der Waals surface area contributed by atoms with Crippen LogP contribution in [0.25, 0.3) is 5.69 Å². The summed E-state index contributed by atoms with van der Waals surface area (Å²) in [6.07, 6.45) is 0. The molecule has 7 heteroatoms. The zero-order chi connectivity index (χ0) is 14.7. The van der Waals surface area contributed by atoms with E-state index in [0.29, 0.717) is 16.0 Å². The van der Waals surface area contributed by atoms with Gasteiger partial charge in [-0.05, 0) is 48.0 Å². The Bertz CT molecular complexity index is 562. The van der Waals surface area contributed by atoms with Crippen molar-refractivity contribution in [2.75, 3.05) is 6.54 Å². The van der Waals surface area contributed by atoms with Crippen LogP contribution in [0.15, 0.2) is 18.2 Å². The van der Waals surface area contributed by atoms with Gasteiger partial charge < -0.3 is 5.32 Å². The van der Waals surface area contributed by atoms with Gasteiger partial charge in [0.15, 0.2) is 5.82 Å². The fourth-order valence-electron chi connectivity index (χ4n) is 1.81. The number of hydrogen-bond donors (Lipinski definition) is 1. The molecule has 5 nitrogen and oxygen atoms in total. The van der Waals surface area contributed by atoms with Crippen molar-refractivity contribution >= 4 is 23.2 Å². The first-order valence-corrected chi connectivity index (χ1v) is 7.21. The largest absolute Gasteiger partial charge is 0.307 e. The lowest BCUT2D eigenvalue weighted by Crippen LogP contribution is -2.25. The van der Waals surface area contributed by atoms with Gasteiger partial charge in [-0.3, -0.25) is 0 Å². The molecule has 0 amide bonds. The van der Waals surface area contributed by atoms with E-state index in [-0.39, 0.29) is 6.04 Å². The quantitative estimate of drug-likeness (QED) is 0.920. The zero-order valence-corrected chi connectivity index (χ0v) is 13.2. The Kier molecular flexibility index (Phi) is 4.96. The van der Waals surface area contributed by atoms with E-state index in [1.807, 2.05) is 6.92 Å². The number of nitrogens with zero attached hydrogens (tertiary/aromatic N) is 4. The number of halogens is 2. The smallest absolute Gasteiger partial charge is 0.173 e. The van der Waals surface area contributed by atoms with E-state index in [0.717, 1.165) is 18.1 Å². The van der Waals surface area contributed by atoms with Crippen LogP contribution < -0.4 is 5.32 Å². The van der Waals surface area contributed by atoms with E-state index >= 15 is 0 Å². The summed E-state index contributed by atoms with van der Waals surface area (Å²) in [6, 6.07) is 5.27. The topological polar surface area (TPSA) is 55.6 Å². The van der Waals surface area contributed by atoms with Gasteiger partial charge in [0.25, 0.3) is 0 Å². The van der Waals surface area contributed by atoms with Crippen LogP contribution in [0.3, 0.4) is 0 Å². The van der Waals surface area contributed by atoms with Crippen molar-refractivity contribution in [3.63, 3.8) is 0 Å². The van der Waals surface area contributed by atoms with E-state index in [1.165, 1.54) is 0 Å². The summed E-state index contributed by atoms with van der Waals surface area (Å²) in [5.74, 6) is 1.28. The summed E-state index contributed by atoms with van der Waals surface area (Å²) in [6.45, 7) is 7.22. The maximum Gasteiger partial charge on any atom is 0.173 e. The third-order valence-electron chi connectivity index (χ3n) is 2.81. The van der Waals surface area contributed by atoms with Crippen molar-refractivity contribution in [1.29, 1.82) is 0 Å². The van der Waals surface area contributed by atoms with Gasteiger partial charge in [0.05, 0.1) is 11.7 Å². The van der Waals surface area contributed by atoms with Crippen LogP contribution in [0.2, 0.25) is 10.0 Å². The lowest BCUT2D eigenvalue weighted by Gasteiger charge is -2.15. The molecule has 0 spiro atoms. The van der Waals surface area contributed by atoms with E-state index in [4.69, 9.17) is 23.2 Å². The fourth-order valence-corrected chi connectivity index (χ4v) is 2.33. The normalized spacial score (nSPS) is 12.9. The van der Waals surface area contributed by atoms with Crippen LogP contribution in [0.5, 0.6) is 0 Å². The molecule has 2 aromatic rings. The number of nitrogens with one attached hydrogen (secondary N) is 1. The van der Waals surface area contributed by atoms with Gasteiger partial charge in [-0.1, -0.05) is 37.0 Å². The summed E-state index contributed by atoms with van der Waals surface area (Å²) in [5, 5.41) is 16.3. The molecule has 1 N–H and O–H groups in total. The maximum atomic E-state index is 6.02. The molecule has 108 valence electrons. The van der Waals surface area contributed by atoms with E-state index in [1.54, 1.807) is 22.9 Å². The third kappa shape index (κ3) is 3.69. The highest BCUT2D eigenvalue weighted by Crippen LogP contribution is 2.23. The first kappa shape index (κ1) is 15.2. The van der Waals surface area contributed by atoms with Crippen molar-refractivity contribution < 1.29 is 0 Å². The zero-order valence-electron chi connectivity index (χ0n) is 11.6. The van der Waals surface area contributed by atoms with Gasteiger partial charge in [-0.25, -0.2) is 0 Å². The van der Waals surface area contributed by atoms with Crippen LogP contribution in [0.1, 0.15) is 32.6 Å². The number of benzene rings is 1. The molecule has 1 unspecified atom stereocenters. The summed E-state index contributed by atoms with van der Waals surface area (Å²) in [4.78, 5) is 0. The molecule has 0 aliphatic carbocycles. The molecular formula is C13H17Cl2N5. The van der Waals surface area contributed by atoms with Crippen molar-refractivity contribution in [1.82, 2.24) is 25.5 Å². The average molecular weight is 314 g/mol. The second-order valence-electron chi connectivity index (χ2n) is 5.10. The molecule has 1 aromatic heterocycles. The van der Waals surface area contributed by atoms with Gasteiger partial charge in [-0.2, -0.15) is 4.68 Å². The van der Waals surface area contributed by atoms with E-state index < -0.39 is 0 Å². The summed E-state index contributed by atoms with van der Waals surface area (Å²) >= 11 is 12.0. The molecule has 1 aromatic carbocycles. The van der Waals surface area contributed by atoms with Crippen LogP contribution in [-0.4, -0.2) is 26.8 Å². The van der Waals surface area contributed by atoms with Crippen LogP contribution in [-0.2, 0) is 0 Å². The molecule has 1 atom stereocenters. The molecule has 0 aliphatic rings. The molecule has 0 aliphatic heterocycles. The lowest BCUT2D eigenvalue weighted by atomic mass is 10.2. The van der Waals surface area contributed by atoms with Gasteiger partial charge in [0.1, 0.15) is 0 Å². The van der Waals surface area contributed by atoms with Crippen molar-refractivity contribution in [3.05, 3.63) is 34.1 Å². The van der Waals surface area contributed by atoms with Gasteiger partial charge >= 0.3 is 0 Å². The molecule has 0 radical (unpaired) electrons. The van der Waals surface area contributed by atoms with Gasteiger partial charge in [0, 0.05) is 10.0 Å².